The van der Waals surface area contributed by atoms with Crippen LogP contribution in [-0.4, -0.2) is 23.3 Å². The summed E-state index contributed by atoms with van der Waals surface area (Å²) in [5.41, 5.74) is 4.55. The number of thiophene rings is 1. The Morgan fingerprint density at radius 1 is 1.24 bits per heavy atom. The van der Waals surface area contributed by atoms with Gasteiger partial charge in [0.25, 0.3) is 5.56 Å². The summed E-state index contributed by atoms with van der Waals surface area (Å²) in [7, 11) is 1.65. The molecule has 0 spiro atoms. The molecule has 25 heavy (non-hydrogen) atoms. The van der Waals surface area contributed by atoms with Crippen LogP contribution in [0.1, 0.15) is 30.3 Å². The first kappa shape index (κ1) is 17.8. The minimum absolute atomic E-state index is 0.0433. The third kappa shape index (κ3) is 3.39. The molecule has 2 heterocycles. The van der Waals surface area contributed by atoms with Gasteiger partial charge in [-0.1, -0.05) is 30.7 Å². The van der Waals surface area contributed by atoms with E-state index in [0.717, 1.165) is 40.0 Å². The van der Waals surface area contributed by atoms with Crippen LogP contribution in [-0.2, 0) is 17.7 Å². The Morgan fingerprint density at radius 3 is 2.72 bits per heavy atom. The van der Waals surface area contributed by atoms with Crippen LogP contribution in [0.15, 0.2) is 28.4 Å². The number of methoxy groups -OCH3 is 1. The first-order chi connectivity index (χ1) is 12.1. The lowest BCUT2D eigenvalue weighted by atomic mass is 9.99. The number of benzene rings is 1. The van der Waals surface area contributed by atoms with Gasteiger partial charge >= 0.3 is 0 Å². The van der Waals surface area contributed by atoms with E-state index in [1.54, 1.807) is 23.0 Å². The molecular formula is C20H24N2O2S. The smallest absolute Gasteiger partial charge is 0.262 e. The molecule has 0 aliphatic carbocycles. The van der Waals surface area contributed by atoms with E-state index in [4.69, 9.17) is 9.72 Å². The molecule has 5 heteroatoms. The molecule has 0 aliphatic heterocycles. The van der Waals surface area contributed by atoms with Gasteiger partial charge in [0.2, 0.25) is 0 Å². The maximum Gasteiger partial charge on any atom is 0.262 e. The van der Waals surface area contributed by atoms with Crippen molar-refractivity contribution in [3.63, 3.8) is 0 Å². The van der Waals surface area contributed by atoms with Gasteiger partial charge in [0, 0.05) is 24.5 Å². The van der Waals surface area contributed by atoms with Gasteiger partial charge in [-0.05, 0) is 31.4 Å². The van der Waals surface area contributed by atoms with Crippen molar-refractivity contribution in [3.05, 3.63) is 50.9 Å². The Bertz CT molecular complexity index is 956. The molecule has 0 saturated carbocycles. The number of hydrogen-bond donors (Lipinski definition) is 0. The predicted octanol–water partition coefficient (Wildman–Crippen LogP) is 4.34. The fourth-order valence-corrected chi connectivity index (χ4v) is 4.16. The van der Waals surface area contributed by atoms with Gasteiger partial charge < -0.3 is 4.74 Å². The molecule has 132 valence electrons. The Labute approximate surface area is 152 Å². The van der Waals surface area contributed by atoms with Crippen LogP contribution in [0.4, 0.5) is 0 Å². The molecule has 4 nitrogen and oxygen atoms in total. The van der Waals surface area contributed by atoms with Crippen molar-refractivity contribution in [3.8, 4) is 11.1 Å². The van der Waals surface area contributed by atoms with E-state index in [1.807, 2.05) is 0 Å². The molecule has 0 unspecified atom stereocenters. The number of aryl methyl sites for hydroxylation is 3. The summed E-state index contributed by atoms with van der Waals surface area (Å²) >= 11 is 1.55. The van der Waals surface area contributed by atoms with E-state index in [9.17, 15) is 4.79 Å². The van der Waals surface area contributed by atoms with Gasteiger partial charge in [0.15, 0.2) is 0 Å². The Hall–Kier alpha value is -1.98. The quantitative estimate of drug-likeness (QED) is 0.660. The molecule has 0 N–H and O–H groups in total. The molecule has 0 radical (unpaired) electrons. The number of fused-ring (bicyclic) bond motifs is 1. The lowest BCUT2D eigenvalue weighted by Crippen LogP contribution is -2.27. The normalized spacial score (nSPS) is 11.4. The monoisotopic (exact) mass is 356 g/mol. The molecular weight excluding hydrogens is 332 g/mol. The molecule has 1 aromatic carbocycles. The van der Waals surface area contributed by atoms with Gasteiger partial charge in [-0.2, -0.15) is 0 Å². The van der Waals surface area contributed by atoms with Crippen molar-refractivity contribution in [1.29, 1.82) is 0 Å². The van der Waals surface area contributed by atoms with E-state index in [1.165, 1.54) is 11.1 Å². The summed E-state index contributed by atoms with van der Waals surface area (Å²) in [5.74, 6) is 0.853. The van der Waals surface area contributed by atoms with Gasteiger partial charge in [0.1, 0.15) is 10.7 Å². The second kappa shape index (κ2) is 7.50. The van der Waals surface area contributed by atoms with Crippen molar-refractivity contribution in [2.24, 2.45) is 0 Å². The van der Waals surface area contributed by atoms with E-state index in [0.29, 0.717) is 13.2 Å². The highest BCUT2D eigenvalue weighted by Crippen LogP contribution is 2.33. The first-order valence-corrected chi connectivity index (χ1v) is 9.52. The highest BCUT2D eigenvalue weighted by atomic mass is 32.1. The van der Waals surface area contributed by atoms with Crippen molar-refractivity contribution >= 4 is 21.6 Å². The summed E-state index contributed by atoms with van der Waals surface area (Å²) < 4.78 is 6.98. The highest BCUT2D eigenvalue weighted by molar-refractivity contribution is 7.17. The fourth-order valence-electron chi connectivity index (χ4n) is 3.21. The first-order valence-electron chi connectivity index (χ1n) is 8.64. The van der Waals surface area contributed by atoms with Crippen LogP contribution in [0.25, 0.3) is 21.3 Å². The topological polar surface area (TPSA) is 44.1 Å². The Balaban J connectivity index is 2.24. The molecule has 2 aromatic heterocycles. The Morgan fingerprint density at radius 2 is 2.04 bits per heavy atom. The van der Waals surface area contributed by atoms with Crippen molar-refractivity contribution in [2.75, 3.05) is 13.7 Å². The maximum absolute atomic E-state index is 13.2. The maximum atomic E-state index is 13.2. The summed E-state index contributed by atoms with van der Waals surface area (Å²) in [4.78, 5) is 18.9. The van der Waals surface area contributed by atoms with Crippen molar-refractivity contribution < 1.29 is 4.74 Å². The second-order valence-corrected chi connectivity index (χ2v) is 7.23. The van der Waals surface area contributed by atoms with Gasteiger partial charge in [0.05, 0.1) is 18.5 Å². The lowest BCUT2D eigenvalue weighted by molar-refractivity contribution is 0.185. The van der Waals surface area contributed by atoms with Crippen LogP contribution in [0.5, 0.6) is 0 Å². The van der Waals surface area contributed by atoms with Gasteiger partial charge in [-0.3, -0.25) is 9.36 Å². The number of aromatic nitrogens is 2. The average Bonchev–Trinajstić information content (AvgIpc) is 2.99. The molecule has 0 aliphatic rings. The van der Waals surface area contributed by atoms with Crippen LogP contribution in [0.3, 0.4) is 0 Å². The average molecular weight is 356 g/mol. The third-order valence-electron chi connectivity index (χ3n) is 4.44. The number of nitrogens with zero attached hydrogens (tertiary/aromatic N) is 2. The molecule has 0 bridgehead atoms. The third-order valence-corrected chi connectivity index (χ3v) is 5.31. The highest BCUT2D eigenvalue weighted by Gasteiger charge is 2.17. The Kier molecular flexibility index (Phi) is 5.35. The van der Waals surface area contributed by atoms with Gasteiger partial charge in [-0.25, -0.2) is 4.98 Å². The largest absolute Gasteiger partial charge is 0.383 e. The standard InChI is InChI=1S/C20H24N2O2S/c1-5-6-17-21-19-18(20(23)22(17)9-10-24-4)16(12-25-19)15-8-7-13(2)11-14(15)3/h7-8,11-12H,5-6,9-10H2,1-4H3. The minimum Gasteiger partial charge on any atom is -0.383 e. The van der Waals surface area contributed by atoms with Crippen LogP contribution >= 0.6 is 11.3 Å². The minimum atomic E-state index is 0.0433. The van der Waals surface area contributed by atoms with Crippen LogP contribution in [0, 0.1) is 13.8 Å². The summed E-state index contributed by atoms with van der Waals surface area (Å²) in [6.45, 7) is 7.32. The van der Waals surface area contributed by atoms with Crippen molar-refractivity contribution in [1.82, 2.24) is 9.55 Å². The van der Waals surface area contributed by atoms with Gasteiger partial charge in [-0.15, -0.1) is 11.3 Å². The van der Waals surface area contributed by atoms with E-state index < -0.39 is 0 Å². The SMILES string of the molecule is CCCc1nc2scc(-c3ccc(C)cc3C)c2c(=O)n1CCOC. The molecule has 0 saturated heterocycles. The van der Waals surface area contributed by atoms with Crippen molar-refractivity contribution in [2.45, 2.75) is 40.2 Å². The summed E-state index contributed by atoms with van der Waals surface area (Å²) in [6.07, 6.45) is 1.76. The fraction of sp³-hybridized carbons (Fsp3) is 0.400. The number of rotatable bonds is 6. The van der Waals surface area contributed by atoms with Crippen LogP contribution < -0.4 is 5.56 Å². The molecule has 3 rings (SSSR count). The zero-order chi connectivity index (χ0) is 18.0. The molecule has 0 fully saturated rings. The number of hydrogen-bond acceptors (Lipinski definition) is 4. The second-order valence-electron chi connectivity index (χ2n) is 6.38. The van der Waals surface area contributed by atoms with E-state index >= 15 is 0 Å². The van der Waals surface area contributed by atoms with E-state index in [2.05, 4.69) is 44.4 Å². The molecule has 0 amide bonds. The lowest BCUT2D eigenvalue weighted by Gasteiger charge is -2.12. The molecule has 0 atom stereocenters. The summed E-state index contributed by atoms with van der Waals surface area (Å²) in [5, 5.41) is 2.79. The molecule has 3 aromatic rings. The predicted molar refractivity (Wildman–Crippen MR) is 105 cm³/mol. The van der Waals surface area contributed by atoms with Crippen LogP contribution in [0.2, 0.25) is 0 Å². The zero-order valence-electron chi connectivity index (χ0n) is 15.3. The number of ether oxygens (including phenoxy) is 1. The van der Waals surface area contributed by atoms with E-state index in [-0.39, 0.29) is 5.56 Å². The zero-order valence-corrected chi connectivity index (χ0v) is 16.1. The summed E-state index contributed by atoms with van der Waals surface area (Å²) in [6, 6.07) is 6.35.